The highest BCUT2D eigenvalue weighted by Gasteiger charge is 2.26. The van der Waals surface area contributed by atoms with Crippen LogP contribution in [-0.4, -0.2) is 23.4 Å². The van der Waals surface area contributed by atoms with Gasteiger partial charge in [0.2, 0.25) is 0 Å². The molecular formula is C17H15ClF2N4O. The quantitative estimate of drug-likeness (QED) is 0.602. The van der Waals surface area contributed by atoms with Crippen LogP contribution in [0.1, 0.15) is 11.1 Å². The summed E-state index contributed by atoms with van der Waals surface area (Å²) in [7, 11) is 0. The van der Waals surface area contributed by atoms with E-state index in [1.54, 1.807) is 12.1 Å². The molecule has 0 fully saturated rings. The molecule has 0 aliphatic carbocycles. The SMILES string of the molecule is NC(N)=NC(=O)N1CCc2c(Cl)ccc(-c3c(F)cccc3F)c2C1. The van der Waals surface area contributed by atoms with E-state index in [4.69, 9.17) is 23.1 Å². The van der Waals surface area contributed by atoms with E-state index in [9.17, 15) is 13.6 Å². The van der Waals surface area contributed by atoms with Crippen LogP contribution in [0.3, 0.4) is 0 Å². The zero-order valence-electron chi connectivity index (χ0n) is 13.1. The molecule has 1 aliphatic heterocycles. The molecule has 1 aliphatic rings. The van der Waals surface area contributed by atoms with Crippen molar-refractivity contribution in [3.8, 4) is 11.1 Å². The van der Waals surface area contributed by atoms with Crippen LogP contribution >= 0.6 is 11.6 Å². The number of carbonyl (C=O) groups is 1. The molecule has 25 heavy (non-hydrogen) atoms. The van der Waals surface area contributed by atoms with Gasteiger partial charge in [0.25, 0.3) is 0 Å². The zero-order chi connectivity index (χ0) is 18.1. The molecule has 0 spiro atoms. The molecule has 0 radical (unpaired) electrons. The lowest BCUT2D eigenvalue weighted by molar-refractivity contribution is 0.203. The number of aliphatic imine (C=N–C) groups is 1. The van der Waals surface area contributed by atoms with Crippen molar-refractivity contribution in [2.24, 2.45) is 16.5 Å². The molecule has 4 N–H and O–H groups in total. The van der Waals surface area contributed by atoms with Gasteiger partial charge in [-0.2, -0.15) is 4.99 Å². The minimum Gasteiger partial charge on any atom is -0.370 e. The van der Waals surface area contributed by atoms with E-state index in [0.717, 1.165) is 5.56 Å². The number of guanidine groups is 1. The predicted molar refractivity (Wildman–Crippen MR) is 92.1 cm³/mol. The van der Waals surface area contributed by atoms with E-state index in [0.29, 0.717) is 29.1 Å². The molecule has 0 bridgehead atoms. The predicted octanol–water partition coefficient (Wildman–Crippen LogP) is 3.04. The van der Waals surface area contributed by atoms with E-state index in [-0.39, 0.29) is 18.1 Å². The van der Waals surface area contributed by atoms with E-state index in [2.05, 4.69) is 4.99 Å². The maximum Gasteiger partial charge on any atom is 0.347 e. The van der Waals surface area contributed by atoms with Crippen LogP contribution in [0.4, 0.5) is 13.6 Å². The van der Waals surface area contributed by atoms with E-state index < -0.39 is 17.7 Å². The van der Waals surface area contributed by atoms with Gasteiger partial charge in [-0.3, -0.25) is 0 Å². The van der Waals surface area contributed by atoms with E-state index in [1.165, 1.54) is 23.1 Å². The number of urea groups is 1. The third kappa shape index (κ3) is 3.28. The molecule has 0 saturated carbocycles. The average molecular weight is 365 g/mol. The number of benzene rings is 2. The molecular weight excluding hydrogens is 350 g/mol. The molecule has 0 atom stereocenters. The summed E-state index contributed by atoms with van der Waals surface area (Å²) in [5, 5.41) is 0.490. The second kappa shape index (κ2) is 6.68. The van der Waals surface area contributed by atoms with Gasteiger partial charge in [-0.1, -0.05) is 23.7 Å². The molecule has 2 amide bonds. The fourth-order valence-electron chi connectivity index (χ4n) is 2.97. The first-order valence-corrected chi connectivity index (χ1v) is 7.89. The van der Waals surface area contributed by atoms with E-state index in [1.807, 2.05) is 0 Å². The van der Waals surface area contributed by atoms with Crippen molar-refractivity contribution in [3.63, 3.8) is 0 Å². The first-order chi connectivity index (χ1) is 11.9. The molecule has 0 aromatic heterocycles. The minimum absolute atomic E-state index is 0.106. The summed E-state index contributed by atoms with van der Waals surface area (Å²) in [6, 6.07) is 6.22. The fraction of sp³-hybridized carbons (Fsp3) is 0.176. The number of hydrogen-bond acceptors (Lipinski definition) is 1. The third-order valence-corrected chi connectivity index (χ3v) is 4.44. The topological polar surface area (TPSA) is 84.7 Å². The Morgan fingerprint density at radius 3 is 2.44 bits per heavy atom. The van der Waals surface area contributed by atoms with Gasteiger partial charge in [-0.05, 0) is 41.3 Å². The second-order valence-corrected chi connectivity index (χ2v) is 6.05. The van der Waals surface area contributed by atoms with Crippen LogP contribution in [0, 0.1) is 11.6 Å². The summed E-state index contributed by atoms with van der Waals surface area (Å²) in [6.07, 6.45) is 0.434. The number of fused-ring (bicyclic) bond motifs is 1. The highest BCUT2D eigenvalue weighted by atomic mass is 35.5. The number of carbonyl (C=O) groups excluding carboxylic acids is 1. The number of halogens is 3. The second-order valence-electron chi connectivity index (χ2n) is 5.64. The van der Waals surface area contributed by atoms with Gasteiger partial charge in [-0.25, -0.2) is 13.6 Å². The lowest BCUT2D eigenvalue weighted by Gasteiger charge is -2.30. The molecule has 5 nitrogen and oxygen atoms in total. The monoisotopic (exact) mass is 364 g/mol. The van der Waals surface area contributed by atoms with Crippen molar-refractivity contribution >= 4 is 23.6 Å². The summed E-state index contributed by atoms with van der Waals surface area (Å²) in [6.45, 7) is 0.458. The zero-order valence-corrected chi connectivity index (χ0v) is 13.9. The van der Waals surface area contributed by atoms with Crippen LogP contribution in [0.5, 0.6) is 0 Å². The maximum atomic E-state index is 14.2. The van der Waals surface area contributed by atoms with Crippen LogP contribution in [-0.2, 0) is 13.0 Å². The Labute approximate surface area is 147 Å². The molecule has 8 heteroatoms. The van der Waals surface area contributed by atoms with Crippen LogP contribution in [0.2, 0.25) is 5.02 Å². The summed E-state index contributed by atoms with van der Waals surface area (Å²) in [5.74, 6) is -1.71. The fourth-order valence-corrected chi connectivity index (χ4v) is 3.24. The molecule has 0 saturated heterocycles. The summed E-state index contributed by atoms with van der Waals surface area (Å²) in [4.78, 5) is 17.0. The Hall–Kier alpha value is -2.67. The van der Waals surface area contributed by atoms with Gasteiger partial charge in [0.1, 0.15) is 11.6 Å². The molecule has 2 aromatic carbocycles. The van der Waals surface area contributed by atoms with Crippen molar-refractivity contribution in [2.45, 2.75) is 13.0 Å². The largest absolute Gasteiger partial charge is 0.370 e. The lowest BCUT2D eigenvalue weighted by atomic mass is 9.90. The van der Waals surface area contributed by atoms with E-state index >= 15 is 0 Å². The highest BCUT2D eigenvalue weighted by molar-refractivity contribution is 6.31. The number of nitrogens with two attached hydrogens (primary N) is 2. The van der Waals surface area contributed by atoms with Gasteiger partial charge >= 0.3 is 6.03 Å². The van der Waals surface area contributed by atoms with Crippen molar-refractivity contribution in [2.75, 3.05) is 6.54 Å². The van der Waals surface area contributed by atoms with Gasteiger partial charge in [0, 0.05) is 18.1 Å². The summed E-state index contributed by atoms with van der Waals surface area (Å²) < 4.78 is 28.5. The van der Waals surface area contributed by atoms with Crippen molar-refractivity contribution in [1.29, 1.82) is 0 Å². The van der Waals surface area contributed by atoms with Crippen LogP contribution in [0.25, 0.3) is 11.1 Å². The van der Waals surface area contributed by atoms with Gasteiger partial charge in [0.15, 0.2) is 5.96 Å². The number of amides is 2. The van der Waals surface area contributed by atoms with Crippen LogP contribution < -0.4 is 11.5 Å². The Morgan fingerprint density at radius 1 is 1.12 bits per heavy atom. The Kier molecular flexibility index (Phi) is 4.59. The Balaban J connectivity index is 2.10. The van der Waals surface area contributed by atoms with Gasteiger partial charge < -0.3 is 16.4 Å². The molecule has 130 valence electrons. The lowest BCUT2D eigenvalue weighted by Crippen LogP contribution is -2.36. The minimum atomic E-state index is -0.683. The Bertz CT molecular complexity index is 861. The third-order valence-electron chi connectivity index (χ3n) is 4.08. The van der Waals surface area contributed by atoms with Crippen molar-refractivity contribution < 1.29 is 13.6 Å². The van der Waals surface area contributed by atoms with Crippen molar-refractivity contribution in [1.82, 2.24) is 4.90 Å². The van der Waals surface area contributed by atoms with Crippen molar-refractivity contribution in [3.05, 3.63) is 58.1 Å². The normalized spacial score (nSPS) is 13.3. The summed E-state index contributed by atoms with van der Waals surface area (Å²) >= 11 is 6.23. The summed E-state index contributed by atoms with van der Waals surface area (Å²) in [5.41, 5.74) is 12.0. The van der Waals surface area contributed by atoms with Gasteiger partial charge in [0.05, 0.1) is 5.56 Å². The number of hydrogen-bond donors (Lipinski definition) is 2. The first kappa shape index (κ1) is 17.2. The Morgan fingerprint density at radius 2 is 1.80 bits per heavy atom. The molecule has 3 rings (SSSR count). The first-order valence-electron chi connectivity index (χ1n) is 7.51. The number of nitrogens with zero attached hydrogens (tertiary/aromatic N) is 2. The molecule has 1 heterocycles. The average Bonchev–Trinajstić information content (AvgIpc) is 2.55. The molecule has 0 unspecified atom stereocenters. The molecule has 2 aromatic rings. The standard InChI is InChI=1S/C17H15ClF2N4O/c18-12-5-4-10(15-13(19)2-1-3-14(15)20)11-8-24(7-6-9(11)12)17(25)23-16(21)22/h1-5H,6-8H2,(H4,21,22,23,25). The number of rotatable bonds is 1. The maximum absolute atomic E-state index is 14.2. The van der Waals surface area contributed by atoms with Crippen LogP contribution in [0.15, 0.2) is 35.3 Å². The highest BCUT2D eigenvalue weighted by Crippen LogP contribution is 2.37. The smallest absolute Gasteiger partial charge is 0.347 e. The van der Waals surface area contributed by atoms with Gasteiger partial charge in [-0.15, -0.1) is 0 Å².